The van der Waals surface area contributed by atoms with Gasteiger partial charge < -0.3 is 14.8 Å². The molecule has 0 radical (unpaired) electrons. The predicted molar refractivity (Wildman–Crippen MR) is 111 cm³/mol. The number of nitrogens with two attached hydrogens (primary N) is 1. The van der Waals surface area contributed by atoms with Crippen molar-refractivity contribution in [3.8, 4) is 11.5 Å². The Balaban J connectivity index is 1.87. The van der Waals surface area contributed by atoms with Crippen LogP contribution in [-0.2, 0) is 22.9 Å². The lowest BCUT2D eigenvalue weighted by Crippen LogP contribution is -2.32. The van der Waals surface area contributed by atoms with Crippen LogP contribution in [-0.4, -0.2) is 34.7 Å². The normalized spacial score (nSPS) is 12.6. The maximum Gasteiger partial charge on any atom is 0.241 e. The molecule has 3 N–H and O–H groups in total. The third kappa shape index (κ3) is 6.51. The van der Waals surface area contributed by atoms with Gasteiger partial charge in [0, 0.05) is 12.6 Å². The lowest BCUT2D eigenvalue weighted by Gasteiger charge is -2.16. The third-order valence-corrected chi connectivity index (χ3v) is 5.35. The van der Waals surface area contributed by atoms with Crippen LogP contribution < -0.4 is 19.9 Å². The Morgan fingerprint density at radius 2 is 1.89 bits per heavy atom. The minimum absolute atomic E-state index is 0.00978. The number of aryl methyl sites for hydroxylation is 1. The van der Waals surface area contributed by atoms with Gasteiger partial charge in [0.2, 0.25) is 10.0 Å². The van der Waals surface area contributed by atoms with Crippen LogP contribution in [0.15, 0.2) is 47.4 Å². The molecule has 6 nitrogen and oxygen atoms in total. The molecular weight excluding hydrogens is 376 g/mol. The van der Waals surface area contributed by atoms with E-state index >= 15 is 0 Å². The van der Waals surface area contributed by atoms with Gasteiger partial charge in [-0.15, -0.1) is 0 Å². The molecule has 7 heteroatoms. The van der Waals surface area contributed by atoms with Gasteiger partial charge in [0.1, 0.15) is 23.0 Å². The first-order valence-corrected chi connectivity index (χ1v) is 11.0. The van der Waals surface area contributed by atoms with Crippen LogP contribution in [0.2, 0.25) is 0 Å². The first-order chi connectivity index (χ1) is 13.3. The molecule has 154 valence electrons. The van der Waals surface area contributed by atoms with Crippen molar-refractivity contribution in [1.29, 1.82) is 0 Å². The largest absolute Gasteiger partial charge is 0.495 e. The molecule has 0 fully saturated rings. The average molecular weight is 407 g/mol. The number of benzene rings is 2. The zero-order valence-electron chi connectivity index (χ0n) is 16.8. The highest BCUT2D eigenvalue weighted by molar-refractivity contribution is 7.89. The fourth-order valence-corrected chi connectivity index (χ4v) is 3.83. The Labute approximate surface area is 168 Å². The van der Waals surface area contributed by atoms with Crippen LogP contribution in [0.4, 0.5) is 0 Å². The highest BCUT2D eigenvalue weighted by Crippen LogP contribution is 2.24. The fraction of sp³-hybridized carbons (Fsp3) is 0.429. The minimum Gasteiger partial charge on any atom is -0.495 e. The van der Waals surface area contributed by atoms with E-state index < -0.39 is 10.0 Å². The third-order valence-electron chi connectivity index (χ3n) is 4.42. The number of primary sulfonamides is 1. The van der Waals surface area contributed by atoms with Crippen molar-refractivity contribution < 1.29 is 17.9 Å². The summed E-state index contributed by atoms with van der Waals surface area (Å²) in [5, 5.41) is 8.68. The summed E-state index contributed by atoms with van der Waals surface area (Å²) < 4.78 is 34.5. The van der Waals surface area contributed by atoms with Gasteiger partial charge in [-0.25, -0.2) is 13.6 Å². The number of methoxy groups -OCH3 is 1. The van der Waals surface area contributed by atoms with Gasteiger partial charge in [0.25, 0.3) is 0 Å². The summed E-state index contributed by atoms with van der Waals surface area (Å²) >= 11 is 0. The quantitative estimate of drug-likeness (QED) is 0.560. The number of para-hydroxylation sites is 1. The van der Waals surface area contributed by atoms with Gasteiger partial charge in [0.15, 0.2) is 0 Å². The molecule has 0 unspecified atom stereocenters. The molecule has 0 heterocycles. The molecule has 0 spiro atoms. The van der Waals surface area contributed by atoms with E-state index in [0.29, 0.717) is 19.6 Å². The standard InChI is InChI=1S/C21H30N2O4S/c1-4-7-18-8-5-6-9-19(18)27-13-12-23-16(2)14-17-10-11-20(26-3)21(15-17)28(22,24)25/h5-6,8-11,15-16,23H,4,7,12-14H2,1-3H3,(H2,22,24,25)/t16-/m1/s1. The second-order valence-electron chi connectivity index (χ2n) is 6.80. The van der Waals surface area contributed by atoms with Gasteiger partial charge in [-0.3, -0.25) is 0 Å². The second kappa shape index (κ2) is 10.5. The zero-order valence-corrected chi connectivity index (χ0v) is 17.6. The molecule has 2 aromatic carbocycles. The SMILES string of the molecule is CCCc1ccccc1OCCN[C@H](C)Cc1ccc(OC)c(S(N)(=O)=O)c1. The fourth-order valence-electron chi connectivity index (χ4n) is 3.08. The van der Waals surface area contributed by atoms with E-state index in [4.69, 9.17) is 14.6 Å². The molecule has 0 aliphatic rings. The first-order valence-electron chi connectivity index (χ1n) is 9.49. The summed E-state index contributed by atoms with van der Waals surface area (Å²) in [6.45, 7) is 5.46. The highest BCUT2D eigenvalue weighted by atomic mass is 32.2. The van der Waals surface area contributed by atoms with Crippen molar-refractivity contribution in [3.05, 3.63) is 53.6 Å². The monoisotopic (exact) mass is 406 g/mol. The van der Waals surface area contributed by atoms with Crippen LogP contribution in [0.3, 0.4) is 0 Å². The molecule has 0 saturated carbocycles. The Hall–Kier alpha value is -2.09. The van der Waals surface area contributed by atoms with Crippen LogP contribution in [0.25, 0.3) is 0 Å². The van der Waals surface area contributed by atoms with Crippen molar-refractivity contribution in [1.82, 2.24) is 5.32 Å². The number of rotatable bonds is 11. The molecule has 0 amide bonds. The predicted octanol–water partition coefficient (Wildman–Crippen LogP) is 2.89. The number of hydrogen-bond donors (Lipinski definition) is 2. The van der Waals surface area contributed by atoms with E-state index in [1.807, 2.05) is 31.2 Å². The summed E-state index contributed by atoms with van der Waals surface area (Å²) in [6.07, 6.45) is 2.75. The van der Waals surface area contributed by atoms with E-state index in [0.717, 1.165) is 24.2 Å². The summed E-state index contributed by atoms with van der Waals surface area (Å²) in [7, 11) is -2.41. The summed E-state index contributed by atoms with van der Waals surface area (Å²) in [5.74, 6) is 1.19. The molecule has 28 heavy (non-hydrogen) atoms. The maximum atomic E-state index is 11.7. The van der Waals surface area contributed by atoms with Gasteiger partial charge in [-0.2, -0.15) is 0 Å². The summed E-state index contributed by atoms with van der Waals surface area (Å²) in [4.78, 5) is 0.00978. The smallest absolute Gasteiger partial charge is 0.241 e. The molecule has 2 rings (SSSR count). The zero-order chi connectivity index (χ0) is 20.6. The number of ether oxygens (including phenoxy) is 2. The molecule has 1 atom stereocenters. The minimum atomic E-state index is -3.83. The van der Waals surface area contributed by atoms with Crippen LogP contribution in [0.5, 0.6) is 11.5 Å². The van der Waals surface area contributed by atoms with Crippen LogP contribution >= 0.6 is 0 Å². The molecule has 0 aromatic heterocycles. The number of nitrogens with one attached hydrogen (secondary N) is 1. The van der Waals surface area contributed by atoms with Gasteiger partial charge in [-0.05, 0) is 49.1 Å². The summed E-state index contributed by atoms with van der Waals surface area (Å²) in [5.41, 5.74) is 2.10. The molecule has 0 aliphatic carbocycles. The van der Waals surface area contributed by atoms with E-state index in [1.165, 1.54) is 12.7 Å². The Kier molecular flexibility index (Phi) is 8.29. The van der Waals surface area contributed by atoms with Crippen molar-refractivity contribution in [3.63, 3.8) is 0 Å². The Bertz CT molecular complexity index is 868. The lowest BCUT2D eigenvalue weighted by molar-refractivity contribution is 0.303. The number of hydrogen-bond acceptors (Lipinski definition) is 5. The van der Waals surface area contributed by atoms with Crippen molar-refractivity contribution >= 4 is 10.0 Å². The topological polar surface area (TPSA) is 90.7 Å². The molecule has 0 bridgehead atoms. The Morgan fingerprint density at radius 1 is 1.14 bits per heavy atom. The molecule has 2 aromatic rings. The van der Waals surface area contributed by atoms with E-state index in [9.17, 15) is 8.42 Å². The maximum absolute atomic E-state index is 11.7. The van der Waals surface area contributed by atoms with Crippen molar-refractivity contribution in [2.75, 3.05) is 20.3 Å². The van der Waals surface area contributed by atoms with Crippen LogP contribution in [0, 0.1) is 0 Å². The first kappa shape index (κ1) is 22.2. The molecular formula is C21H30N2O4S. The second-order valence-corrected chi connectivity index (χ2v) is 8.33. The van der Waals surface area contributed by atoms with Crippen molar-refractivity contribution in [2.45, 2.75) is 44.0 Å². The van der Waals surface area contributed by atoms with Gasteiger partial charge >= 0.3 is 0 Å². The highest BCUT2D eigenvalue weighted by Gasteiger charge is 2.16. The van der Waals surface area contributed by atoms with E-state index in [-0.39, 0.29) is 16.7 Å². The molecule has 0 aliphatic heterocycles. The van der Waals surface area contributed by atoms with E-state index in [2.05, 4.69) is 18.3 Å². The lowest BCUT2D eigenvalue weighted by atomic mass is 10.1. The van der Waals surface area contributed by atoms with Gasteiger partial charge in [0.05, 0.1) is 7.11 Å². The number of sulfonamides is 1. The van der Waals surface area contributed by atoms with Crippen LogP contribution in [0.1, 0.15) is 31.4 Å². The molecule has 0 saturated heterocycles. The van der Waals surface area contributed by atoms with Crippen molar-refractivity contribution in [2.24, 2.45) is 5.14 Å². The summed E-state index contributed by atoms with van der Waals surface area (Å²) in [6, 6.07) is 13.3. The van der Waals surface area contributed by atoms with E-state index in [1.54, 1.807) is 12.1 Å². The Morgan fingerprint density at radius 3 is 2.57 bits per heavy atom. The average Bonchev–Trinajstić information content (AvgIpc) is 2.66. The van der Waals surface area contributed by atoms with Gasteiger partial charge in [-0.1, -0.05) is 37.6 Å².